The van der Waals surface area contributed by atoms with Gasteiger partial charge in [0.05, 0.1) is 28.4 Å². The van der Waals surface area contributed by atoms with E-state index in [0.29, 0.717) is 5.69 Å². The SMILES string of the molecule is O=C(CS)Nc1ccc(C(=O)O)cc1NC(=O)CS. The van der Waals surface area contributed by atoms with Crippen LogP contribution in [0.1, 0.15) is 10.4 Å². The third-order valence-corrected chi connectivity index (χ3v) is 2.68. The van der Waals surface area contributed by atoms with Crippen molar-refractivity contribution in [2.45, 2.75) is 0 Å². The number of carbonyl (C=O) groups excluding carboxylic acids is 2. The number of hydrogen-bond donors (Lipinski definition) is 5. The summed E-state index contributed by atoms with van der Waals surface area (Å²) in [5.41, 5.74) is 0.506. The normalized spacial score (nSPS) is 9.79. The quantitative estimate of drug-likeness (QED) is 0.527. The van der Waals surface area contributed by atoms with E-state index in [1.165, 1.54) is 18.2 Å². The number of carboxylic acid groups (broad SMARTS) is 1. The highest BCUT2D eigenvalue weighted by atomic mass is 32.1. The van der Waals surface area contributed by atoms with Crippen LogP contribution in [0.5, 0.6) is 0 Å². The number of rotatable bonds is 5. The van der Waals surface area contributed by atoms with Gasteiger partial charge in [-0.1, -0.05) is 0 Å². The zero-order valence-electron chi connectivity index (χ0n) is 9.71. The Morgan fingerprint density at radius 2 is 1.53 bits per heavy atom. The van der Waals surface area contributed by atoms with Gasteiger partial charge in [-0.15, -0.1) is 0 Å². The van der Waals surface area contributed by atoms with Gasteiger partial charge in [0.15, 0.2) is 0 Å². The van der Waals surface area contributed by atoms with Gasteiger partial charge in [0.2, 0.25) is 11.8 Å². The standard InChI is InChI=1S/C11H12N2O4S2/c14-9(4-18)12-7-2-1-6(11(16)17)3-8(7)13-10(15)5-19/h1-3,18-19H,4-5H2,(H,12,14)(H,13,15)(H,16,17). The first-order valence-corrected chi connectivity index (χ1v) is 6.43. The third kappa shape index (κ3) is 4.49. The lowest BCUT2D eigenvalue weighted by Gasteiger charge is -2.12. The number of carboxylic acids is 1. The molecule has 0 atom stereocenters. The summed E-state index contributed by atoms with van der Waals surface area (Å²) in [6.45, 7) is 0. The minimum Gasteiger partial charge on any atom is -0.478 e. The van der Waals surface area contributed by atoms with E-state index in [0.717, 1.165) is 0 Å². The highest BCUT2D eigenvalue weighted by Gasteiger charge is 2.12. The number of hydrogen-bond acceptors (Lipinski definition) is 5. The van der Waals surface area contributed by atoms with Crippen LogP contribution in [-0.2, 0) is 9.59 Å². The van der Waals surface area contributed by atoms with Crippen LogP contribution in [0.15, 0.2) is 18.2 Å². The van der Waals surface area contributed by atoms with Gasteiger partial charge in [-0.05, 0) is 18.2 Å². The van der Waals surface area contributed by atoms with Crippen LogP contribution < -0.4 is 10.6 Å². The molecule has 0 aromatic heterocycles. The largest absolute Gasteiger partial charge is 0.478 e. The summed E-state index contributed by atoms with van der Waals surface area (Å²) in [6, 6.07) is 3.99. The van der Waals surface area contributed by atoms with E-state index in [2.05, 4.69) is 35.9 Å². The molecule has 0 saturated heterocycles. The molecule has 0 fully saturated rings. The lowest BCUT2D eigenvalue weighted by Crippen LogP contribution is -2.18. The summed E-state index contributed by atoms with van der Waals surface area (Å²) in [6.07, 6.45) is 0. The van der Waals surface area contributed by atoms with E-state index in [1.54, 1.807) is 0 Å². The van der Waals surface area contributed by atoms with Gasteiger partial charge in [0, 0.05) is 0 Å². The number of amides is 2. The van der Waals surface area contributed by atoms with Gasteiger partial charge in [-0.3, -0.25) is 9.59 Å². The fourth-order valence-electron chi connectivity index (χ4n) is 1.27. The number of benzene rings is 1. The molecule has 0 aliphatic heterocycles. The molecular weight excluding hydrogens is 288 g/mol. The predicted molar refractivity (Wildman–Crippen MR) is 78.4 cm³/mol. The van der Waals surface area contributed by atoms with Gasteiger partial charge < -0.3 is 15.7 Å². The summed E-state index contributed by atoms with van der Waals surface area (Å²) in [5.74, 6) is -1.99. The molecule has 6 nitrogen and oxygen atoms in total. The minimum absolute atomic E-state index is 0.00154. The second-order valence-corrected chi connectivity index (χ2v) is 4.11. The van der Waals surface area contributed by atoms with Crippen LogP contribution in [0.2, 0.25) is 0 Å². The van der Waals surface area contributed by atoms with E-state index >= 15 is 0 Å². The van der Waals surface area contributed by atoms with Crippen molar-refractivity contribution >= 4 is 54.4 Å². The fraction of sp³-hybridized carbons (Fsp3) is 0.182. The molecule has 102 valence electrons. The predicted octanol–water partition coefficient (Wildman–Crippen LogP) is 1.12. The molecule has 2 amide bonds. The highest BCUT2D eigenvalue weighted by molar-refractivity contribution is 7.81. The molecule has 0 heterocycles. The van der Waals surface area contributed by atoms with Crippen molar-refractivity contribution in [2.75, 3.05) is 22.1 Å². The molecule has 0 saturated carbocycles. The summed E-state index contributed by atoms with van der Waals surface area (Å²) >= 11 is 7.62. The van der Waals surface area contributed by atoms with Crippen molar-refractivity contribution in [3.8, 4) is 0 Å². The van der Waals surface area contributed by atoms with Crippen LogP contribution in [0.25, 0.3) is 0 Å². The fourth-order valence-corrected chi connectivity index (χ4v) is 1.43. The Kier molecular flexibility index (Phi) is 5.71. The van der Waals surface area contributed by atoms with E-state index in [4.69, 9.17) is 5.11 Å². The zero-order chi connectivity index (χ0) is 14.4. The van der Waals surface area contributed by atoms with Crippen molar-refractivity contribution in [2.24, 2.45) is 0 Å². The first kappa shape index (κ1) is 15.4. The molecule has 0 spiro atoms. The lowest BCUT2D eigenvalue weighted by atomic mass is 10.1. The van der Waals surface area contributed by atoms with Gasteiger partial charge in [-0.25, -0.2) is 4.79 Å². The summed E-state index contributed by atoms with van der Waals surface area (Å²) in [7, 11) is 0. The molecule has 0 unspecified atom stereocenters. The molecule has 0 aliphatic carbocycles. The van der Waals surface area contributed by atoms with Crippen LogP contribution in [-0.4, -0.2) is 34.4 Å². The average molecular weight is 300 g/mol. The van der Waals surface area contributed by atoms with Gasteiger partial charge >= 0.3 is 5.97 Å². The number of nitrogens with one attached hydrogen (secondary N) is 2. The smallest absolute Gasteiger partial charge is 0.335 e. The summed E-state index contributed by atoms with van der Waals surface area (Å²) < 4.78 is 0. The third-order valence-electron chi connectivity index (χ3n) is 2.10. The first-order chi connectivity index (χ1) is 8.97. The second-order valence-electron chi connectivity index (χ2n) is 3.48. The van der Waals surface area contributed by atoms with Crippen molar-refractivity contribution in [1.82, 2.24) is 0 Å². The van der Waals surface area contributed by atoms with E-state index in [1.807, 2.05) is 0 Å². The van der Waals surface area contributed by atoms with Crippen molar-refractivity contribution in [1.29, 1.82) is 0 Å². The number of carbonyl (C=O) groups is 3. The Morgan fingerprint density at radius 3 is 2.00 bits per heavy atom. The van der Waals surface area contributed by atoms with E-state index < -0.39 is 11.9 Å². The van der Waals surface area contributed by atoms with E-state index in [-0.39, 0.29) is 28.7 Å². The van der Waals surface area contributed by atoms with Crippen molar-refractivity contribution < 1.29 is 19.5 Å². The molecular formula is C11H12N2O4S2. The molecule has 0 radical (unpaired) electrons. The molecule has 1 rings (SSSR count). The molecule has 1 aromatic rings. The second kappa shape index (κ2) is 7.05. The highest BCUT2D eigenvalue weighted by Crippen LogP contribution is 2.23. The van der Waals surface area contributed by atoms with Crippen molar-refractivity contribution in [3.05, 3.63) is 23.8 Å². The van der Waals surface area contributed by atoms with Gasteiger partial charge in [0.1, 0.15) is 0 Å². The molecule has 3 N–H and O–H groups in total. The Hall–Kier alpha value is -1.67. The topological polar surface area (TPSA) is 95.5 Å². The number of aromatic carboxylic acids is 1. The summed E-state index contributed by atoms with van der Waals surface area (Å²) in [5, 5.41) is 13.9. The number of thiol groups is 2. The lowest BCUT2D eigenvalue weighted by molar-refractivity contribution is -0.114. The molecule has 8 heteroatoms. The van der Waals surface area contributed by atoms with Crippen LogP contribution in [0, 0.1) is 0 Å². The maximum atomic E-state index is 11.3. The monoisotopic (exact) mass is 300 g/mol. The first-order valence-electron chi connectivity index (χ1n) is 5.16. The zero-order valence-corrected chi connectivity index (χ0v) is 11.5. The molecule has 1 aromatic carbocycles. The molecule has 0 bridgehead atoms. The maximum Gasteiger partial charge on any atom is 0.335 e. The Bertz CT molecular complexity index is 519. The van der Waals surface area contributed by atoms with Gasteiger partial charge in [-0.2, -0.15) is 25.3 Å². The average Bonchev–Trinajstić information content (AvgIpc) is 2.39. The molecule has 0 aliphatic rings. The maximum absolute atomic E-state index is 11.3. The Morgan fingerprint density at radius 1 is 1.00 bits per heavy atom. The number of anilines is 2. The van der Waals surface area contributed by atoms with Crippen LogP contribution >= 0.6 is 25.3 Å². The van der Waals surface area contributed by atoms with Crippen LogP contribution in [0.3, 0.4) is 0 Å². The Balaban J connectivity index is 3.10. The minimum atomic E-state index is -1.13. The summed E-state index contributed by atoms with van der Waals surface area (Å²) in [4.78, 5) is 33.5. The van der Waals surface area contributed by atoms with Gasteiger partial charge in [0.25, 0.3) is 0 Å². The van der Waals surface area contributed by atoms with Crippen LogP contribution in [0.4, 0.5) is 11.4 Å². The Labute approximate surface area is 120 Å². The van der Waals surface area contributed by atoms with E-state index in [9.17, 15) is 14.4 Å². The molecule has 19 heavy (non-hydrogen) atoms. The van der Waals surface area contributed by atoms with Crippen molar-refractivity contribution in [3.63, 3.8) is 0 Å².